The van der Waals surface area contributed by atoms with Gasteiger partial charge in [-0.25, -0.2) is 18.7 Å². The van der Waals surface area contributed by atoms with Gasteiger partial charge in [0.25, 0.3) is 5.56 Å². The number of fused-ring (bicyclic) bond motifs is 1. The molecule has 0 aliphatic carbocycles. The van der Waals surface area contributed by atoms with E-state index >= 15 is 0 Å². The van der Waals surface area contributed by atoms with E-state index in [9.17, 15) is 13.6 Å². The number of hydrogen-bond acceptors (Lipinski definition) is 4. The molecule has 1 aromatic carbocycles. The quantitative estimate of drug-likeness (QED) is 0.499. The van der Waals surface area contributed by atoms with E-state index in [2.05, 4.69) is 19.9 Å². The van der Waals surface area contributed by atoms with Crippen molar-refractivity contribution < 1.29 is 8.78 Å². The molecule has 0 radical (unpaired) electrons. The minimum atomic E-state index is -0.630. The van der Waals surface area contributed by atoms with Crippen molar-refractivity contribution in [1.82, 2.24) is 28.9 Å². The molecule has 4 aromatic heterocycles. The van der Waals surface area contributed by atoms with Gasteiger partial charge in [-0.15, -0.1) is 0 Å². The summed E-state index contributed by atoms with van der Waals surface area (Å²) in [4.78, 5) is 28.0. The fourth-order valence-corrected chi connectivity index (χ4v) is 3.41. The lowest BCUT2D eigenvalue weighted by molar-refractivity contribution is 0.603. The molecule has 0 atom stereocenters. The highest BCUT2D eigenvalue weighted by molar-refractivity contribution is 5.78. The van der Waals surface area contributed by atoms with Crippen LogP contribution in [0.1, 0.15) is 5.69 Å². The van der Waals surface area contributed by atoms with Crippen LogP contribution in [-0.2, 0) is 6.54 Å². The molecule has 0 bridgehead atoms. The summed E-state index contributed by atoms with van der Waals surface area (Å²) >= 11 is 0. The van der Waals surface area contributed by atoms with Crippen LogP contribution in [0.5, 0.6) is 0 Å². The maximum atomic E-state index is 14.5. The van der Waals surface area contributed by atoms with Crippen LogP contribution in [0.2, 0.25) is 0 Å². The van der Waals surface area contributed by atoms with Crippen LogP contribution in [0.3, 0.4) is 0 Å². The van der Waals surface area contributed by atoms with E-state index in [1.54, 1.807) is 35.3 Å². The first-order valence-corrected chi connectivity index (χ1v) is 9.06. The molecular formula is C21H14F2N6O. The monoisotopic (exact) mass is 404 g/mol. The topological polar surface area (TPSA) is 80.9 Å². The van der Waals surface area contributed by atoms with Crippen LogP contribution in [-0.4, -0.2) is 28.9 Å². The molecule has 5 aromatic rings. The van der Waals surface area contributed by atoms with E-state index in [0.29, 0.717) is 22.6 Å². The maximum absolute atomic E-state index is 14.5. The van der Waals surface area contributed by atoms with Crippen LogP contribution < -0.4 is 5.56 Å². The zero-order valence-corrected chi connectivity index (χ0v) is 15.5. The zero-order valence-electron chi connectivity index (χ0n) is 15.5. The molecule has 0 saturated carbocycles. The Kier molecular flexibility index (Phi) is 4.20. The summed E-state index contributed by atoms with van der Waals surface area (Å²) in [5.74, 6) is -1.23. The third kappa shape index (κ3) is 3.06. The maximum Gasteiger partial charge on any atom is 0.257 e. The first kappa shape index (κ1) is 17.9. The lowest BCUT2D eigenvalue weighted by Crippen LogP contribution is -2.11. The number of nitrogens with one attached hydrogen (secondary N) is 1. The number of H-pyrrole nitrogens is 1. The van der Waals surface area contributed by atoms with Crippen LogP contribution in [0.25, 0.3) is 28.2 Å². The number of rotatable bonds is 4. The molecule has 0 amide bonds. The van der Waals surface area contributed by atoms with Crippen LogP contribution in [0.4, 0.5) is 8.78 Å². The number of aromatic amines is 1. The molecule has 0 unspecified atom stereocenters. The number of nitrogens with zero attached hydrogens (tertiary/aromatic N) is 5. The largest absolute Gasteiger partial charge is 0.329 e. The van der Waals surface area contributed by atoms with Gasteiger partial charge in [-0.2, -0.15) is 0 Å². The van der Waals surface area contributed by atoms with Crippen LogP contribution >= 0.6 is 0 Å². The molecule has 5 rings (SSSR count). The summed E-state index contributed by atoms with van der Waals surface area (Å²) in [6.07, 6.45) is 9.88. The van der Waals surface area contributed by atoms with Gasteiger partial charge < -0.3 is 14.0 Å². The molecule has 30 heavy (non-hydrogen) atoms. The number of aromatic nitrogens is 6. The lowest BCUT2D eigenvalue weighted by Gasteiger charge is -2.09. The number of pyridine rings is 1. The van der Waals surface area contributed by atoms with Crippen molar-refractivity contribution in [3.63, 3.8) is 0 Å². The van der Waals surface area contributed by atoms with E-state index in [4.69, 9.17) is 0 Å². The van der Waals surface area contributed by atoms with Crippen molar-refractivity contribution in [3.8, 4) is 22.5 Å². The molecule has 0 aliphatic rings. The fraction of sp³-hybridized carbons (Fsp3) is 0.0476. The van der Waals surface area contributed by atoms with Gasteiger partial charge in [0.05, 0.1) is 41.7 Å². The van der Waals surface area contributed by atoms with Gasteiger partial charge in [-0.05, 0) is 30.3 Å². The van der Waals surface area contributed by atoms with Crippen molar-refractivity contribution in [3.05, 3.63) is 95.3 Å². The second-order valence-corrected chi connectivity index (χ2v) is 6.68. The van der Waals surface area contributed by atoms with Crippen LogP contribution in [0, 0.1) is 11.6 Å². The molecule has 0 fully saturated rings. The average molecular weight is 404 g/mol. The second kappa shape index (κ2) is 7.03. The summed E-state index contributed by atoms with van der Waals surface area (Å²) in [6, 6.07) is 6.42. The van der Waals surface area contributed by atoms with Crippen molar-refractivity contribution in [2.24, 2.45) is 0 Å². The van der Waals surface area contributed by atoms with Gasteiger partial charge in [0.2, 0.25) is 0 Å². The minimum Gasteiger partial charge on any atom is -0.329 e. The van der Waals surface area contributed by atoms with Gasteiger partial charge in [0.15, 0.2) is 5.65 Å². The van der Waals surface area contributed by atoms with E-state index in [-0.39, 0.29) is 23.4 Å². The zero-order chi connectivity index (χ0) is 20.7. The van der Waals surface area contributed by atoms with E-state index in [1.807, 2.05) is 10.6 Å². The number of halogens is 2. The van der Waals surface area contributed by atoms with Crippen LogP contribution in [0.15, 0.2) is 72.4 Å². The molecule has 148 valence electrons. The summed E-state index contributed by atoms with van der Waals surface area (Å²) in [5, 5.41) is 0. The summed E-state index contributed by atoms with van der Waals surface area (Å²) in [6.45, 7) is 0.273. The van der Waals surface area contributed by atoms with Crippen molar-refractivity contribution in [1.29, 1.82) is 0 Å². The Morgan fingerprint density at radius 2 is 2.03 bits per heavy atom. The Bertz CT molecular complexity index is 1400. The number of imidazole rings is 2. The minimum absolute atomic E-state index is 0.0220. The third-order valence-corrected chi connectivity index (χ3v) is 4.74. The molecule has 9 heteroatoms. The Labute approximate surface area is 168 Å². The van der Waals surface area contributed by atoms with E-state index in [1.165, 1.54) is 12.5 Å². The Hall–Kier alpha value is -4.14. The van der Waals surface area contributed by atoms with Crippen molar-refractivity contribution >= 4 is 5.65 Å². The van der Waals surface area contributed by atoms with Gasteiger partial charge in [0.1, 0.15) is 11.6 Å². The van der Waals surface area contributed by atoms with E-state index in [0.717, 1.165) is 18.2 Å². The highest BCUT2D eigenvalue weighted by Gasteiger charge is 2.21. The SMILES string of the molecule is O=c1[nH]cccc1-c1c(-c2cc(F)ccc2F)ncn1Cc1cn2ccncc2n1. The molecule has 1 N–H and O–H groups in total. The highest BCUT2D eigenvalue weighted by atomic mass is 19.1. The standard InChI is InChI=1S/C21H14F2N6O/c22-13-3-4-17(23)16(8-13)19-20(15-2-1-5-25-21(15)30)29(12-26-19)11-14-10-28-7-6-24-9-18(28)27-14/h1-10,12H,11H2,(H,25,30). The predicted molar refractivity (Wildman–Crippen MR) is 106 cm³/mol. The first-order chi connectivity index (χ1) is 14.6. The van der Waals surface area contributed by atoms with Gasteiger partial charge in [-0.1, -0.05) is 0 Å². The Morgan fingerprint density at radius 1 is 1.13 bits per heavy atom. The first-order valence-electron chi connectivity index (χ1n) is 9.06. The summed E-state index contributed by atoms with van der Waals surface area (Å²) in [7, 11) is 0. The average Bonchev–Trinajstić information content (AvgIpc) is 3.34. The molecule has 0 saturated heterocycles. The normalized spacial score (nSPS) is 11.3. The molecule has 4 heterocycles. The summed E-state index contributed by atoms with van der Waals surface area (Å²) in [5.41, 5.74) is 1.82. The lowest BCUT2D eigenvalue weighted by atomic mass is 10.0. The molecule has 0 spiro atoms. The van der Waals surface area contributed by atoms with Gasteiger partial charge in [0, 0.05) is 30.4 Å². The third-order valence-electron chi connectivity index (χ3n) is 4.74. The van der Waals surface area contributed by atoms with Gasteiger partial charge in [-0.3, -0.25) is 9.78 Å². The molecular weight excluding hydrogens is 390 g/mol. The Morgan fingerprint density at radius 3 is 2.87 bits per heavy atom. The second-order valence-electron chi connectivity index (χ2n) is 6.68. The van der Waals surface area contributed by atoms with Gasteiger partial charge >= 0.3 is 0 Å². The fourth-order valence-electron chi connectivity index (χ4n) is 3.41. The summed E-state index contributed by atoms with van der Waals surface area (Å²) < 4.78 is 31.8. The van der Waals surface area contributed by atoms with E-state index < -0.39 is 11.6 Å². The van der Waals surface area contributed by atoms with Crippen molar-refractivity contribution in [2.45, 2.75) is 6.54 Å². The molecule has 0 aliphatic heterocycles. The Balaban J connectivity index is 1.69. The van der Waals surface area contributed by atoms with Crippen molar-refractivity contribution in [2.75, 3.05) is 0 Å². The smallest absolute Gasteiger partial charge is 0.257 e. The number of benzene rings is 1. The number of hydrogen-bond donors (Lipinski definition) is 1. The molecule has 7 nitrogen and oxygen atoms in total. The predicted octanol–water partition coefficient (Wildman–Crippen LogP) is 3.27. The highest BCUT2D eigenvalue weighted by Crippen LogP contribution is 2.32.